The third-order valence-electron chi connectivity index (χ3n) is 2.91. The Bertz CT molecular complexity index is 423. The zero-order chi connectivity index (χ0) is 14.3. The zero-order valence-corrected chi connectivity index (χ0v) is 12.9. The summed E-state index contributed by atoms with van der Waals surface area (Å²) in [5.74, 6) is 0.363. The Morgan fingerprint density at radius 2 is 2.11 bits per heavy atom. The third-order valence-corrected chi connectivity index (χ3v) is 3.47. The van der Waals surface area contributed by atoms with Crippen molar-refractivity contribution in [3.05, 3.63) is 23.8 Å². The van der Waals surface area contributed by atoms with E-state index in [9.17, 15) is 9.90 Å². The minimum Gasteiger partial charge on any atom is -0.507 e. The Balaban J connectivity index is 2.65. The van der Waals surface area contributed by atoms with E-state index in [2.05, 4.69) is 15.9 Å². The summed E-state index contributed by atoms with van der Waals surface area (Å²) in [6, 6.07) is 4.67. The van der Waals surface area contributed by atoms with Crippen LogP contribution in [0.1, 0.15) is 29.6 Å². The molecule has 4 nitrogen and oxygen atoms in total. The van der Waals surface area contributed by atoms with E-state index >= 15 is 0 Å². The Hall–Kier alpha value is -1.23. The van der Waals surface area contributed by atoms with Gasteiger partial charge in [-0.1, -0.05) is 22.4 Å². The van der Waals surface area contributed by atoms with Gasteiger partial charge in [0, 0.05) is 18.9 Å². The van der Waals surface area contributed by atoms with Crippen molar-refractivity contribution in [1.82, 2.24) is 4.90 Å². The van der Waals surface area contributed by atoms with Gasteiger partial charge in [0.1, 0.15) is 11.5 Å². The number of amides is 1. The van der Waals surface area contributed by atoms with E-state index in [1.54, 1.807) is 24.1 Å². The maximum Gasteiger partial charge on any atom is 0.257 e. The van der Waals surface area contributed by atoms with E-state index in [1.807, 2.05) is 0 Å². The van der Waals surface area contributed by atoms with Gasteiger partial charge in [0.25, 0.3) is 5.91 Å². The van der Waals surface area contributed by atoms with Crippen molar-refractivity contribution in [2.45, 2.75) is 19.3 Å². The highest BCUT2D eigenvalue weighted by Crippen LogP contribution is 2.24. The van der Waals surface area contributed by atoms with Gasteiger partial charge in [-0.05, 0) is 31.0 Å². The average molecular weight is 330 g/mol. The van der Waals surface area contributed by atoms with Crippen LogP contribution >= 0.6 is 15.9 Å². The fourth-order valence-corrected chi connectivity index (χ4v) is 2.14. The second kappa shape index (κ2) is 8.04. The van der Waals surface area contributed by atoms with Gasteiger partial charge in [0.15, 0.2) is 0 Å². The normalized spacial score (nSPS) is 10.3. The third kappa shape index (κ3) is 4.74. The van der Waals surface area contributed by atoms with Crippen LogP contribution in [0, 0.1) is 0 Å². The van der Waals surface area contributed by atoms with Crippen LogP contribution in [0.5, 0.6) is 11.5 Å². The number of aromatic hydroxyl groups is 1. The molecule has 1 rings (SSSR count). The molecule has 5 heteroatoms. The largest absolute Gasteiger partial charge is 0.507 e. The summed E-state index contributed by atoms with van der Waals surface area (Å²) in [6.07, 6.45) is 3.14. The monoisotopic (exact) mass is 329 g/mol. The summed E-state index contributed by atoms with van der Waals surface area (Å²) < 4.78 is 5.07. The number of hydrogen-bond donors (Lipinski definition) is 1. The number of phenols is 1. The lowest BCUT2D eigenvalue weighted by molar-refractivity contribution is 0.0789. The van der Waals surface area contributed by atoms with Gasteiger partial charge in [-0.25, -0.2) is 0 Å². The lowest BCUT2D eigenvalue weighted by Gasteiger charge is -2.18. The van der Waals surface area contributed by atoms with Crippen LogP contribution in [0.2, 0.25) is 0 Å². The van der Waals surface area contributed by atoms with E-state index in [0.29, 0.717) is 12.3 Å². The molecule has 106 valence electrons. The number of unbranched alkanes of at least 4 members (excludes halogenated alkanes) is 2. The molecule has 0 bridgehead atoms. The highest BCUT2D eigenvalue weighted by Gasteiger charge is 2.16. The molecular weight excluding hydrogens is 310 g/mol. The summed E-state index contributed by atoms with van der Waals surface area (Å²) in [5.41, 5.74) is 0.280. The minimum absolute atomic E-state index is 0.0156. The van der Waals surface area contributed by atoms with Crippen molar-refractivity contribution in [2.24, 2.45) is 0 Å². The molecule has 0 saturated carbocycles. The zero-order valence-electron chi connectivity index (χ0n) is 11.4. The molecule has 1 N–H and O–H groups in total. The molecule has 0 spiro atoms. The first-order valence-corrected chi connectivity index (χ1v) is 7.40. The number of halogens is 1. The average Bonchev–Trinajstić information content (AvgIpc) is 2.43. The van der Waals surface area contributed by atoms with Crippen molar-refractivity contribution >= 4 is 21.8 Å². The molecule has 0 saturated heterocycles. The second-order valence-corrected chi connectivity index (χ2v) is 5.15. The molecule has 1 aromatic carbocycles. The SMILES string of the molecule is COc1ccc(O)c(C(=O)N(C)CCCCCBr)c1. The summed E-state index contributed by atoms with van der Waals surface area (Å²) >= 11 is 3.38. The van der Waals surface area contributed by atoms with Crippen LogP contribution in [0.25, 0.3) is 0 Å². The highest BCUT2D eigenvalue weighted by atomic mass is 79.9. The molecule has 0 atom stereocenters. The van der Waals surface area contributed by atoms with E-state index < -0.39 is 0 Å². The predicted octanol–water partition coefficient (Wildman–Crippen LogP) is 3.04. The minimum atomic E-state index is -0.185. The van der Waals surface area contributed by atoms with Crippen LogP contribution in [0.4, 0.5) is 0 Å². The number of phenolic OH excluding ortho intramolecular Hbond substituents is 1. The molecule has 0 radical (unpaired) electrons. The second-order valence-electron chi connectivity index (χ2n) is 4.36. The maximum atomic E-state index is 12.2. The molecule has 1 amide bonds. The van der Waals surface area contributed by atoms with Gasteiger partial charge < -0.3 is 14.7 Å². The van der Waals surface area contributed by atoms with Crippen LogP contribution in [0.15, 0.2) is 18.2 Å². The first kappa shape index (κ1) is 15.8. The molecule has 1 aromatic rings. The number of nitrogens with zero attached hydrogens (tertiary/aromatic N) is 1. The Morgan fingerprint density at radius 3 is 2.74 bits per heavy atom. The number of ether oxygens (including phenoxy) is 1. The summed E-state index contributed by atoms with van der Waals surface area (Å²) in [4.78, 5) is 13.8. The smallest absolute Gasteiger partial charge is 0.257 e. The van der Waals surface area contributed by atoms with Gasteiger partial charge in [-0.3, -0.25) is 4.79 Å². The van der Waals surface area contributed by atoms with Crippen molar-refractivity contribution in [3.8, 4) is 11.5 Å². The standard InChI is InChI=1S/C14H20BrNO3/c1-16(9-5-3-4-8-15)14(18)12-10-11(19-2)6-7-13(12)17/h6-7,10,17H,3-5,8-9H2,1-2H3. The predicted molar refractivity (Wildman–Crippen MR) is 79.3 cm³/mol. The fourth-order valence-electron chi connectivity index (χ4n) is 1.74. The summed E-state index contributed by atoms with van der Waals surface area (Å²) in [7, 11) is 3.28. The Morgan fingerprint density at radius 1 is 1.37 bits per heavy atom. The van der Waals surface area contributed by atoms with E-state index in [-0.39, 0.29) is 17.2 Å². The number of carbonyl (C=O) groups excluding carboxylic acids is 1. The lowest BCUT2D eigenvalue weighted by atomic mass is 10.1. The first-order chi connectivity index (χ1) is 9.10. The van der Waals surface area contributed by atoms with Gasteiger partial charge >= 0.3 is 0 Å². The van der Waals surface area contributed by atoms with E-state index in [4.69, 9.17) is 4.74 Å². The van der Waals surface area contributed by atoms with Crippen LogP contribution < -0.4 is 4.74 Å². The topological polar surface area (TPSA) is 49.8 Å². The van der Waals surface area contributed by atoms with Crippen LogP contribution in [-0.4, -0.2) is 41.9 Å². The van der Waals surface area contributed by atoms with Gasteiger partial charge in [-0.15, -0.1) is 0 Å². The number of carbonyl (C=O) groups is 1. The van der Waals surface area contributed by atoms with E-state index in [1.165, 1.54) is 13.2 Å². The van der Waals surface area contributed by atoms with Crippen molar-refractivity contribution < 1.29 is 14.6 Å². The number of rotatable bonds is 7. The van der Waals surface area contributed by atoms with E-state index in [0.717, 1.165) is 24.6 Å². The number of alkyl halides is 1. The van der Waals surface area contributed by atoms with Crippen LogP contribution in [-0.2, 0) is 0 Å². The molecule has 0 aromatic heterocycles. The van der Waals surface area contributed by atoms with Crippen LogP contribution in [0.3, 0.4) is 0 Å². The lowest BCUT2D eigenvalue weighted by Crippen LogP contribution is -2.27. The molecule has 0 heterocycles. The molecule has 19 heavy (non-hydrogen) atoms. The quantitative estimate of drug-likeness (QED) is 0.618. The van der Waals surface area contributed by atoms with Crippen molar-refractivity contribution in [3.63, 3.8) is 0 Å². The first-order valence-electron chi connectivity index (χ1n) is 6.28. The van der Waals surface area contributed by atoms with Crippen molar-refractivity contribution in [2.75, 3.05) is 26.0 Å². The van der Waals surface area contributed by atoms with Gasteiger partial charge in [0.2, 0.25) is 0 Å². The molecule has 0 unspecified atom stereocenters. The number of hydrogen-bond acceptors (Lipinski definition) is 3. The summed E-state index contributed by atoms with van der Waals surface area (Å²) in [5, 5.41) is 10.7. The highest BCUT2D eigenvalue weighted by molar-refractivity contribution is 9.09. The number of benzene rings is 1. The molecule has 0 aliphatic heterocycles. The van der Waals surface area contributed by atoms with Gasteiger partial charge in [0.05, 0.1) is 12.7 Å². The van der Waals surface area contributed by atoms with Gasteiger partial charge in [-0.2, -0.15) is 0 Å². The number of methoxy groups -OCH3 is 1. The summed E-state index contributed by atoms with van der Waals surface area (Å²) in [6.45, 7) is 0.683. The molecule has 0 aliphatic rings. The molecule has 0 aliphatic carbocycles. The molecular formula is C14H20BrNO3. The molecule has 0 fully saturated rings. The fraction of sp³-hybridized carbons (Fsp3) is 0.500. The maximum absolute atomic E-state index is 12.2. The van der Waals surface area contributed by atoms with Crippen molar-refractivity contribution in [1.29, 1.82) is 0 Å². The Labute approximate surface area is 122 Å². The Kier molecular flexibility index (Phi) is 6.70.